The van der Waals surface area contributed by atoms with Crippen molar-refractivity contribution in [2.24, 2.45) is 0 Å². The molecule has 0 N–H and O–H groups in total. The average molecular weight is 264 g/mol. The van der Waals surface area contributed by atoms with E-state index in [1.165, 1.54) is 6.07 Å². The Labute approximate surface area is 102 Å². The molecule has 3 rings (SSSR count). The van der Waals surface area contributed by atoms with Gasteiger partial charge in [0, 0.05) is 0 Å². The Morgan fingerprint density at radius 2 is 2.06 bits per heavy atom. The fourth-order valence-corrected chi connectivity index (χ4v) is 1.76. The summed E-state index contributed by atoms with van der Waals surface area (Å²) in [4.78, 5) is 11.4. The molecule has 0 spiro atoms. The van der Waals surface area contributed by atoms with Gasteiger partial charge in [-0.3, -0.25) is 0 Å². The summed E-state index contributed by atoms with van der Waals surface area (Å²) >= 11 is 0. The molecule has 0 radical (unpaired) electrons. The Kier molecular flexibility index (Phi) is 2.59. The molecule has 2 aromatic rings. The van der Waals surface area contributed by atoms with Gasteiger partial charge in [0.25, 0.3) is 0 Å². The van der Waals surface area contributed by atoms with Crippen molar-refractivity contribution in [1.29, 1.82) is 0 Å². The van der Waals surface area contributed by atoms with Crippen LogP contribution in [0, 0.1) is 5.81 Å². The first-order valence-electron chi connectivity index (χ1n) is 4.89. The van der Waals surface area contributed by atoms with Crippen LogP contribution in [0.25, 0.3) is 11.0 Å². The van der Waals surface area contributed by atoms with Gasteiger partial charge in [-0.15, -0.1) is 0 Å². The monoisotopic (exact) mass is 264 g/mol. The summed E-state index contributed by atoms with van der Waals surface area (Å²) in [5.41, 5.74) is 0.478. The van der Waals surface area contributed by atoms with Crippen LogP contribution in [-0.2, 0) is 9.30 Å². The van der Waals surface area contributed by atoms with Gasteiger partial charge >= 0.3 is 101 Å². The second-order valence-corrected chi connectivity index (χ2v) is 3.79. The molecule has 18 heavy (non-hydrogen) atoms. The number of carbonyl (C=O) groups excluding carboxylic acids is 1. The minimum atomic E-state index is -0.767. The molecule has 0 unspecified atom stereocenters. The number of benzene rings is 1. The molecule has 6 nitrogen and oxygen atoms in total. The van der Waals surface area contributed by atoms with Crippen LogP contribution in [0.2, 0.25) is 0 Å². The number of fused-ring (bicyclic) bond motifs is 2. The maximum absolute atomic E-state index is 11.4. The van der Waals surface area contributed by atoms with Crippen LogP contribution in [0.3, 0.4) is 0 Å². The molecule has 0 aliphatic carbocycles. The van der Waals surface area contributed by atoms with Gasteiger partial charge < -0.3 is 0 Å². The van der Waals surface area contributed by atoms with Crippen LogP contribution < -0.4 is 9.47 Å². The van der Waals surface area contributed by atoms with E-state index in [1.54, 1.807) is 12.1 Å². The van der Waals surface area contributed by atoms with Crippen LogP contribution in [-0.4, -0.2) is 12.8 Å². The summed E-state index contributed by atoms with van der Waals surface area (Å²) in [5, 5.41) is 0.686. The summed E-state index contributed by atoms with van der Waals surface area (Å²) in [6.07, 6.45) is 0. The van der Waals surface area contributed by atoms with Crippen molar-refractivity contribution in [2.75, 3.05) is 6.79 Å². The molecule has 0 saturated heterocycles. The van der Waals surface area contributed by atoms with E-state index in [4.69, 9.17) is 13.9 Å². The first-order chi connectivity index (χ1) is 8.78. The van der Waals surface area contributed by atoms with Crippen LogP contribution >= 0.6 is 7.92 Å². The van der Waals surface area contributed by atoms with E-state index in [1.807, 2.05) is 5.81 Å². The van der Waals surface area contributed by atoms with Gasteiger partial charge in [0.15, 0.2) is 0 Å². The Balaban J connectivity index is 2.03. The van der Waals surface area contributed by atoms with Crippen molar-refractivity contribution in [3.63, 3.8) is 0 Å². The topological polar surface area (TPSA) is 75.0 Å². The van der Waals surface area contributed by atoms with E-state index in [-0.39, 0.29) is 12.6 Å². The molecule has 1 aliphatic heterocycles. The molecular formula is C11H5O6P. The zero-order chi connectivity index (χ0) is 12.5. The van der Waals surface area contributed by atoms with Crippen molar-refractivity contribution < 1.29 is 28.0 Å². The summed E-state index contributed by atoms with van der Waals surface area (Å²) < 4.78 is 30.2. The SMILES string of the molecule is O=P#COC(=O)c1cc2cc3c(cc2o1)OCO3. The first kappa shape index (κ1) is 11.0. The summed E-state index contributed by atoms with van der Waals surface area (Å²) in [7, 11) is -0.505. The van der Waals surface area contributed by atoms with Gasteiger partial charge in [0.05, 0.1) is 0 Å². The molecule has 1 aliphatic rings. The molecule has 0 atom stereocenters. The third-order valence-electron chi connectivity index (χ3n) is 2.39. The van der Waals surface area contributed by atoms with Crippen molar-refractivity contribution in [1.82, 2.24) is 0 Å². The molecule has 1 aromatic carbocycles. The van der Waals surface area contributed by atoms with Gasteiger partial charge in [-0.05, 0) is 0 Å². The molecule has 90 valence electrons. The van der Waals surface area contributed by atoms with Crippen LogP contribution in [0.1, 0.15) is 10.6 Å². The Morgan fingerprint density at radius 3 is 2.83 bits per heavy atom. The van der Waals surface area contributed by atoms with E-state index in [0.29, 0.717) is 22.5 Å². The molecule has 7 heteroatoms. The molecule has 0 fully saturated rings. The van der Waals surface area contributed by atoms with E-state index in [0.717, 1.165) is 0 Å². The molecule has 0 saturated carbocycles. The second-order valence-electron chi connectivity index (χ2n) is 3.43. The first-order valence-corrected chi connectivity index (χ1v) is 5.71. The van der Waals surface area contributed by atoms with Gasteiger partial charge in [-0.1, -0.05) is 0 Å². The van der Waals surface area contributed by atoms with E-state index in [9.17, 15) is 9.36 Å². The van der Waals surface area contributed by atoms with Gasteiger partial charge in [0.1, 0.15) is 0 Å². The zero-order valence-corrected chi connectivity index (χ0v) is 9.73. The van der Waals surface area contributed by atoms with Crippen LogP contribution in [0.5, 0.6) is 11.5 Å². The van der Waals surface area contributed by atoms with Crippen molar-refractivity contribution in [2.45, 2.75) is 0 Å². The Bertz CT molecular complexity index is 700. The number of esters is 1. The van der Waals surface area contributed by atoms with Gasteiger partial charge in [-0.2, -0.15) is 0 Å². The van der Waals surface area contributed by atoms with Crippen LogP contribution in [0.15, 0.2) is 22.6 Å². The standard InChI is InChI=1S/C11H5O6P/c12-11(16-5-18-13)10-2-6-1-8-9(15-4-14-8)3-7(6)17-10/h1-3H,4H2. The quantitative estimate of drug-likeness (QED) is 0.582. The van der Waals surface area contributed by atoms with Crippen LogP contribution in [0.4, 0.5) is 0 Å². The Morgan fingerprint density at radius 1 is 1.28 bits per heavy atom. The zero-order valence-electron chi connectivity index (χ0n) is 8.84. The van der Waals surface area contributed by atoms with Gasteiger partial charge in [0.2, 0.25) is 0 Å². The average Bonchev–Trinajstić information content (AvgIpc) is 2.97. The van der Waals surface area contributed by atoms with E-state index in [2.05, 4.69) is 4.74 Å². The number of ether oxygens (including phenoxy) is 3. The maximum atomic E-state index is 11.4. The molecule has 0 bridgehead atoms. The van der Waals surface area contributed by atoms with E-state index >= 15 is 0 Å². The number of hydrogen-bond acceptors (Lipinski definition) is 6. The molecular weight excluding hydrogens is 259 g/mol. The predicted octanol–water partition coefficient (Wildman–Crippen LogP) is 2.53. The summed E-state index contributed by atoms with van der Waals surface area (Å²) in [6.45, 7) is 0.170. The summed E-state index contributed by atoms with van der Waals surface area (Å²) in [5.74, 6) is 2.28. The van der Waals surface area contributed by atoms with Crippen molar-refractivity contribution in [3.05, 3.63) is 24.0 Å². The number of furan rings is 1. The fourth-order valence-electron chi connectivity index (χ4n) is 1.64. The number of rotatable bonds is 1. The van der Waals surface area contributed by atoms with Crippen molar-refractivity contribution >= 4 is 24.9 Å². The number of carbonyl (C=O) groups is 1. The number of hydrogen-bond donors (Lipinski definition) is 0. The summed E-state index contributed by atoms with van der Waals surface area (Å²) in [6, 6.07) is 4.84. The van der Waals surface area contributed by atoms with E-state index < -0.39 is 13.9 Å². The van der Waals surface area contributed by atoms with Crippen molar-refractivity contribution in [3.8, 4) is 17.3 Å². The molecule has 1 aromatic heterocycles. The normalized spacial score (nSPS) is 12.2. The minimum absolute atomic E-state index is 0.00942. The second kappa shape index (κ2) is 4.26. The molecule has 0 amide bonds. The third kappa shape index (κ3) is 1.78. The Hall–Kier alpha value is -2.16. The third-order valence-corrected chi connectivity index (χ3v) is 2.55. The molecule has 2 heterocycles. The van der Waals surface area contributed by atoms with Gasteiger partial charge in [-0.25, -0.2) is 0 Å². The fraction of sp³-hybridized carbons (Fsp3) is 0.0909. The predicted molar refractivity (Wildman–Crippen MR) is 59.2 cm³/mol.